The molecule has 0 spiro atoms. The van der Waals surface area contributed by atoms with Crippen LogP contribution >= 0.6 is 0 Å². The Hall–Kier alpha value is -0.770. The quantitative estimate of drug-likeness (QED) is 0.370. The number of rotatable bonds is 10. The van der Waals surface area contributed by atoms with Crippen LogP contribution in [-0.2, 0) is 4.74 Å². The average molecular weight is 298 g/mol. The molecule has 1 saturated heterocycles. The van der Waals surface area contributed by atoms with Gasteiger partial charge in [0, 0.05) is 0 Å². The van der Waals surface area contributed by atoms with Crippen LogP contribution in [0, 0.1) is 0 Å². The van der Waals surface area contributed by atoms with Crippen LogP contribution in [-0.4, -0.2) is 49.9 Å². The van der Waals surface area contributed by atoms with Gasteiger partial charge < -0.3 is 4.74 Å². The third-order valence-corrected chi connectivity index (χ3v) is 3.97. The summed E-state index contributed by atoms with van der Waals surface area (Å²) in [6, 6.07) is 0. The van der Waals surface area contributed by atoms with E-state index < -0.39 is 0 Å². The monoisotopic (exact) mass is 298 g/mol. The molecule has 1 aliphatic heterocycles. The molecule has 4 heteroatoms. The van der Waals surface area contributed by atoms with Crippen LogP contribution < -0.4 is 10.6 Å². The second kappa shape index (κ2) is 12.9. The van der Waals surface area contributed by atoms with Crippen molar-refractivity contribution >= 4 is 5.96 Å². The van der Waals surface area contributed by atoms with Crippen molar-refractivity contribution in [2.24, 2.45) is 0 Å². The van der Waals surface area contributed by atoms with Crippen molar-refractivity contribution in [1.82, 2.24) is 10.6 Å². The standard InChI is InChI=1S/C17H35N3O/c1-3-5-7-9-11-18-17(19-12-10-8-6-4-2)20-13-15-21-16-14-20/h3-16H2,1-2H3,(H,18,19)/p+1. The van der Waals surface area contributed by atoms with Gasteiger partial charge in [-0.15, -0.1) is 0 Å². The number of guanidine groups is 1. The lowest BCUT2D eigenvalue weighted by atomic mass is 10.2. The minimum atomic E-state index is 0.846. The van der Waals surface area contributed by atoms with Gasteiger partial charge in [-0.25, -0.2) is 0 Å². The molecule has 0 saturated carbocycles. The van der Waals surface area contributed by atoms with Crippen LogP contribution in [0.4, 0.5) is 0 Å². The summed E-state index contributed by atoms with van der Waals surface area (Å²) >= 11 is 0. The van der Waals surface area contributed by atoms with E-state index >= 15 is 0 Å². The first-order valence-electron chi connectivity index (χ1n) is 9.05. The summed E-state index contributed by atoms with van der Waals surface area (Å²) in [4.78, 5) is 0. The van der Waals surface area contributed by atoms with E-state index in [1.807, 2.05) is 0 Å². The van der Waals surface area contributed by atoms with E-state index in [1.54, 1.807) is 0 Å². The molecule has 0 atom stereocenters. The van der Waals surface area contributed by atoms with Gasteiger partial charge in [0.05, 0.1) is 39.4 Å². The molecule has 0 unspecified atom stereocenters. The largest absolute Gasteiger partial charge is 0.375 e. The maximum Gasteiger partial charge on any atom is 0.345 e. The van der Waals surface area contributed by atoms with E-state index in [4.69, 9.17) is 4.74 Å². The number of morpholine rings is 1. The molecule has 1 heterocycles. The molecular formula is C17H36N3O+. The van der Waals surface area contributed by atoms with Gasteiger partial charge in [-0.1, -0.05) is 52.4 Å². The fourth-order valence-electron chi connectivity index (χ4n) is 2.59. The van der Waals surface area contributed by atoms with Crippen LogP contribution in [0.1, 0.15) is 65.2 Å². The predicted molar refractivity (Wildman–Crippen MR) is 90.1 cm³/mol. The van der Waals surface area contributed by atoms with Crippen molar-refractivity contribution in [2.75, 3.05) is 39.4 Å². The molecule has 1 rings (SSSR count). The zero-order chi connectivity index (χ0) is 15.2. The Kier molecular flexibility index (Phi) is 11.3. The summed E-state index contributed by atoms with van der Waals surface area (Å²) in [5.41, 5.74) is 0. The molecule has 0 amide bonds. The van der Waals surface area contributed by atoms with Gasteiger partial charge in [-0.05, 0) is 12.8 Å². The van der Waals surface area contributed by atoms with Gasteiger partial charge in [0.1, 0.15) is 0 Å². The Morgan fingerprint density at radius 1 is 0.810 bits per heavy atom. The fraction of sp³-hybridized carbons (Fsp3) is 0.941. The molecule has 0 aromatic heterocycles. The second-order valence-corrected chi connectivity index (χ2v) is 5.92. The first-order valence-corrected chi connectivity index (χ1v) is 9.05. The van der Waals surface area contributed by atoms with Gasteiger partial charge in [-0.2, -0.15) is 0 Å². The molecule has 1 fully saturated rings. The molecule has 4 nitrogen and oxygen atoms in total. The Balaban J connectivity index is 2.31. The fourth-order valence-corrected chi connectivity index (χ4v) is 2.59. The first kappa shape index (κ1) is 18.3. The minimum Gasteiger partial charge on any atom is -0.375 e. The molecule has 21 heavy (non-hydrogen) atoms. The third kappa shape index (κ3) is 8.97. The molecule has 0 aromatic carbocycles. The van der Waals surface area contributed by atoms with Crippen molar-refractivity contribution < 1.29 is 9.31 Å². The maximum atomic E-state index is 5.45. The van der Waals surface area contributed by atoms with E-state index in [9.17, 15) is 0 Å². The molecule has 0 aliphatic carbocycles. The van der Waals surface area contributed by atoms with E-state index in [0.717, 1.165) is 39.4 Å². The Labute approximate surface area is 131 Å². The van der Waals surface area contributed by atoms with Gasteiger partial charge in [0.2, 0.25) is 0 Å². The van der Waals surface area contributed by atoms with E-state index in [1.165, 1.54) is 57.3 Å². The highest BCUT2D eigenvalue weighted by Gasteiger charge is 2.15. The molecule has 1 aliphatic rings. The highest BCUT2D eigenvalue weighted by atomic mass is 16.5. The van der Waals surface area contributed by atoms with Gasteiger partial charge in [0.25, 0.3) is 0 Å². The zero-order valence-electron chi connectivity index (χ0n) is 14.3. The molecule has 0 aromatic rings. The SMILES string of the molecule is CCCCCCNC(NCCCCCC)=[N+]1CCOCC1. The van der Waals surface area contributed by atoms with Gasteiger partial charge in [0.15, 0.2) is 0 Å². The highest BCUT2D eigenvalue weighted by Crippen LogP contribution is 1.98. The van der Waals surface area contributed by atoms with Gasteiger partial charge in [-0.3, -0.25) is 15.2 Å². The summed E-state index contributed by atoms with van der Waals surface area (Å²) in [5.74, 6) is 1.23. The average Bonchev–Trinajstić information content (AvgIpc) is 2.53. The van der Waals surface area contributed by atoms with Gasteiger partial charge >= 0.3 is 5.96 Å². The molecule has 124 valence electrons. The number of nitrogens with zero attached hydrogens (tertiary/aromatic N) is 1. The summed E-state index contributed by atoms with van der Waals surface area (Å²) in [5, 5.41) is 7.23. The first-order chi connectivity index (χ1) is 10.4. The summed E-state index contributed by atoms with van der Waals surface area (Å²) in [6.07, 6.45) is 10.5. The van der Waals surface area contributed by atoms with Crippen LogP contribution in [0.5, 0.6) is 0 Å². The number of hydrogen-bond donors (Lipinski definition) is 2. The topological polar surface area (TPSA) is 36.3 Å². The van der Waals surface area contributed by atoms with Crippen LogP contribution in [0.3, 0.4) is 0 Å². The van der Waals surface area contributed by atoms with Crippen LogP contribution in [0.25, 0.3) is 0 Å². The Bertz CT molecular complexity index is 255. The Morgan fingerprint density at radius 2 is 1.33 bits per heavy atom. The lowest BCUT2D eigenvalue weighted by Crippen LogP contribution is -2.48. The molecule has 0 bridgehead atoms. The number of unbranched alkanes of at least 4 members (excludes halogenated alkanes) is 6. The van der Waals surface area contributed by atoms with Crippen molar-refractivity contribution in [3.8, 4) is 0 Å². The van der Waals surface area contributed by atoms with Crippen molar-refractivity contribution in [3.05, 3.63) is 0 Å². The second-order valence-electron chi connectivity index (χ2n) is 5.92. The lowest BCUT2D eigenvalue weighted by molar-refractivity contribution is -0.552. The third-order valence-electron chi connectivity index (χ3n) is 3.97. The minimum absolute atomic E-state index is 0.846. The smallest absolute Gasteiger partial charge is 0.345 e. The number of ether oxygens (including phenoxy) is 1. The van der Waals surface area contributed by atoms with E-state index in [0.29, 0.717) is 0 Å². The van der Waals surface area contributed by atoms with E-state index in [-0.39, 0.29) is 0 Å². The zero-order valence-corrected chi connectivity index (χ0v) is 14.3. The number of nitrogens with one attached hydrogen (secondary N) is 2. The Morgan fingerprint density at radius 3 is 1.81 bits per heavy atom. The van der Waals surface area contributed by atoms with E-state index in [2.05, 4.69) is 29.1 Å². The van der Waals surface area contributed by atoms with Crippen molar-refractivity contribution in [2.45, 2.75) is 65.2 Å². The highest BCUT2D eigenvalue weighted by molar-refractivity contribution is 5.74. The van der Waals surface area contributed by atoms with Crippen molar-refractivity contribution in [1.29, 1.82) is 0 Å². The lowest BCUT2D eigenvalue weighted by Gasteiger charge is -2.19. The summed E-state index contributed by atoms with van der Waals surface area (Å²) in [7, 11) is 0. The normalized spacial score (nSPS) is 15.0. The molecule has 2 N–H and O–H groups in total. The predicted octanol–water partition coefficient (Wildman–Crippen LogP) is 2.72. The summed E-state index contributed by atoms with van der Waals surface area (Å²) < 4.78 is 7.86. The molecular weight excluding hydrogens is 262 g/mol. The van der Waals surface area contributed by atoms with Crippen LogP contribution in [0.2, 0.25) is 0 Å². The summed E-state index contributed by atoms with van der Waals surface area (Å²) in [6.45, 7) is 10.4. The maximum absolute atomic E-state index is 5.45. The number of hydrogen-bond acceptors (Lipinski definition) is 1. The van der Waals surface area contributed by atoms with Crippen molar-refractivity contribution in [3.63, 3.8) is 0 Å². The molecule has 0 radical (unpaired) electrons. The van der Waals surface area contributed by atoms with Crippen LogP contribution in [0.15, 0.2) is 0 Å².